The number of rotatable bonds is 3. The minimum absolute atomic E-state index is 0. The summed E-state index contributed by atoms with van der Waals surface area (Å²) in [5, 5.41) is 0. The van der Waals surface area contributed by atoms with Gasteiger partial charge in [-0.1, -0.05) is 13.8 Å². The first-order valence-electron chi connectivity index (χ1n) is 4.70. The maximum Gasteiger partial charge on any atom is 0.126 e. The molecule has 0 amide bonds. The lowest BCUT2D eigenvalue weighted by atomic mass is 9.98. The highest BCUT2D eigenvalue weighted by Gasteiger charge is 2.10. The molecule has 0 heterocycles. The van der Waals surface area contributed by atoms with Gasteiger partial charge in [0.2, 0.25) is 0 Å². The quantitative estimate of drug-likeness (QED) is 0.854. The van der Waals surface area contributed by atoms with Crippen molar-refractivity contribution in [2.45, 2.75) is 26.3 Å². The summed E-state index contributed by atoms with van der Waals surface area (Å²) in [6, 6.07) is 3.14. The molecule has 0 aromatic heterocycles. The lowest BCUT2D eigenvalue weighted by molar-refractivity contribution is 0.502. The fraction of sp³-hybridized carbons (Fsp3) is 0.455. The minimum Gasteiger partial charge on any atom is -0.324 e. The first-order valence-corrected chi connectivity index (χ1v) is 4.70. The number of benzene rings is 1. The average Bonchev–Trinajstić information content (AvgIpc) is 2.00. The third-order valence-corrected chi connectivity index (χ3v) is 2.04. The Morgan fingerprint density at radius 3 is 2.00 bits per heavy atom. The van der Waals surface area contributed by atoms with Crippen LogP contribution in [0.3, 0.4) is 0 Å². The maximum absolute atomic E-state index is 12.8. The summed E-state index contributed by atoms with van der Waals surface area (Å²) in [6.45, 7) is 4.05. The highest BCUT2D eigenvalue weighted by atomic mass is 35.5. The van der Waals surface area contributed by atoms with Crippen molar-refractivity contribution in [3.8, 4) is 0 Å². The highest BCUT2D eigenvalue weighted by Crippen LogP contribution is 2.20. The zero-order chi connectivity index (χ0) is 10.7. The van der Waals surface area contributed by atoms with E-state index in [-0.39, 0.29) is 18.4 Å². The number of hydrogen-bond donors (Lipinski definition) is 1. The molecule has 4 heteroatoms. The molecule has 15 heavy (non-hydrogen) atoms. The Bertz CT molecular complexity index is 295. The summed E-state index contributed by atoms with van der Waals surface area (Å²) in [5.74, 6) is -0.727. The topological polar surface area (TPSA) is 26.0 Å². The van der Waals surface area contributed by atoms with E-state index in [2.05, 4.69) is 0 Å². The van der Waals surface area contributed by atoms with Crippen LogP contribution in [-0.2, 0) is 0 Å². The number of hydrogen-bond acceptors (Lipinski definition) is 1. The van der Waals surface area contributed by atoms with Gasteiger partial charge in [-0.3, -0.25) is 0 Å². The summed E-state index contributed by atoms with van der Waals surface area (Å²) in [5.41, 5.74) is 6.32. The van der Waals surface area contributed by atoms with Crippen molar-refractivity contribution in [2.24, 2.45) is 11.7 Å². The van der Waals surface area contributed by atoms with Crippen LogP contribution in [0.15, 0.2) is 18.2 Å². The molecule has 0 unspecified atom stereocenters. The molecule has 0 bridgehead atoms. The van der Waals surface area contributed by atoms with Crippen LogP contribution in [0.1, 0.15) is 31.9 Å². The Hall–Kier alpha value is -0.670. The molecular weight excluding hydrogens is 220 g/mol. The zero-order valence-corrected chi connectivity index (χ0v) is 9.65. The van der Waals surface area contributed by atoms with E-state index >= 15 is 0 Å². The Morgan fingerprint density at radius 1 is 1.13 bits per heavy atom. The molecule has 2 N–H and O–H groups in total. The second-order valence-corrected chi connectivity index (χ2v) is 3.94. The molecule has 0 radical (unpaired) electrons. The van der Waals surface area contributed by atoms with Crippen molar-refractivity contribution in [1.29, 1.82) is 0 Å². The van der Waals surface area contributed by atoms with Crippen molar-refractivity contribution in [3.63, 3.8) is 0 Å². The molecule has 0 aliphatic heterocycles. The molecule has 86 valence electrons. The van der Waals surface area contributed by atoms with Gasteiger partial charge in [-0.2, -0.15) is 0 Å². The van der Waals surface area contributed by atoms with Crippen LogP contribution in [-0.4, -0.2) is 0 Å². The second kappa shape index (κ2) is 6.03. The van der Waals surface area contributed by atoms with Crippen LogP contribution in [0, 0.1) is 17.6 Å². The Kier molecular flexibility index (Phi) is 5.76. The number of nitrogens with two attached hydrogens (primary N) is 1. The summed E-state index contributed by atoms with van der Waals surface area (Å²) in [6.07, 6.45) is 0.725. The third kappa shape index (κ3) is 4.58. The van der Waals surface area contributed by atoms with Crippen LogP contribution < -0.4 is 5.73 Å². The van der Waals surface area contributed by atoms with Crippen molar-refractivity contribution in [2.75, 3.05) is 0 Å². The molecule has 0 spiro atoms. The largest absolute Gasteiger partial charge is 0.324 e. The zero-order valence-electron chi connectivity index (χ0n) is 8.84. The summed E-state index contributed by atoms with van der Waals surface area (Å²) in [4.78, 5) is 0. The molecule has 0 aliphatic carbocycles. The maximum atomic E-state index is 12.8. The van der Waals surface area contributed by atoms with Crippen molar-refractivity contribution >= 4 is 12.4 Å². The van der Waals surface area contributed by atoms with Gasteiger partial charge in [0.15, 0.2) is 0 Å². The lowest BCUT2D eigenvalue weighted by Crippen LogP contribution is -2.13. The molecule has 0 saturated heterocycles. The van der Waals surface area contributed by atoms with E-state index in [1.165, 1.54) is 12.1 Å². The van der Waals surface area contributed by atoms with E-state index in [1.807, 2.05) is 13.8 Å². The summed E-state index contributed by atoms with van der Waals surface area (Å²) in [7, 11) is 0. The first kappa shape index (κ1) is 14.3. The van der Waals surface area contributed by atoms with Gasteiger partial charge in [-0.25, -0.2) is 8.78 Å². The number of halogens is 3. The first-order chi connectivity index (χ1) is 6.49. The molecular formula is C11H16ClF2N. The van der Waals surface area contributed by atoms with Crippen LogP contribution in [0.4, 0.5) is 8.78 Å². The SMILES string of the molecule is CC(C)C[C@@H](N)c1cc(F)cc(F)c1.Cl. The van der Waals surface area contributed by atoms with Gasteiger partial charge < -0.3 is 5.73 Å². The molecule has 0 fully saturated rings. The Morgan fingerprint density at radius 2 is 1.60 bits per heavy atom. The van der Waals surface area contributed by atoms with Crippen LogP contribution in [0.25, 0.3) is 0 Å². The van der Waals surface area contributed by atoms with Gasteiger partial charge in [0.1, 0.15) is 11.6 Å². The smallest absolute Gasteiger partial charge is 0.126 e. The van der Waals surface area contributed by atoms with Crippen LogP contribution >= 0.6 is 12.4 Å². The normalized spacial score (nSPS) is 12.4. The van der Waals surface area contributed by atoms with E-state index in [4.69, 9.17) is 5.73 Å². The molecule has 0 saturated carbocycles. The predicted molar refractivity (Wildman–Crippen MR) is 60.0 cm³/mol. The second-order valence-electron chi connectivity index (χ2n) is 3.94. The van der Waals surface area contributed by atoms with Gasteiger partial charge >= 0.3 is 0 Å². The van der Waals surface area contributed by atoms with Crippen molar-refractivity contribution in [3.05, 3.63) is 35.4 Å². The van der Waals surface area contributed by atoms with Crippen molar-refractivity contribution in [1.82, 2.24) is 0 Å². The highest BCUT2D eigenvalue weighted by molar-refractivity contribution is 5.85. The van der Waals surface area contributed by atoms with Gasteiger partial charge in [0, 0.05) is 12.1 Å². The monoisotopic (exact) mass is 235 g/mol. The lowest BCUT2D eigenvalue weighted by Gasteiger charge is -2.14. The third-order valence-electron chi connectivity index (χ3n) is 2.04. The summed E-state index contributed by atoms with van der Waals surface area (Å²) < 4.78 is 25.7. The van der Waals surface area contributed by atoms with Crippen LogP contribution in [0.2, 0.25) is 0 Å². The fourth-order valence-electron chi connectivity index (χ4n) is 1.43. The standard InChI is InChI=1S/C11H15F2N.ClH/c1-7(2)3-11(14)8-4-9(12)6-10(13)5-8;/h4-7,11H,3,14H2,1-2H3;1H/t11-;/m1./s1. The molecule has 1 nitrogen and oxygen atoms in total. The minimum atomic E-state index is -0.570. The van der Waals surface area contributed by atoms with E-state index in [0.29, 0.717) is 11.5 Å². The van der Waals surface area contributed by atoms with Crippen LogP contribution in [0.5, 0.6) is 0 Å². The molecule has 0 aliphatic rings. The molecule has 1 rings (SSSR count). The van der Waals surface area contributed by atoms with E-state index in [9.17, 15) is 8.78 Å². The molecule has 1 aromatic carbocycles. The average molecular weight is 236 g/mol. The van der Waals surface area contributed by atoms with Gasteiger partial charge in [-0.15, -0.1) is 12.4 Å². The van der Waals surface area contributed by atoms with Crippen molar-refractivity contribution < 1.29 is 8.78 Å². The Labute approximate surface area is 95.1 Å². The van der Waals surface area contributed by atoms with Gasteiger partial charge in [0.25, 0.3) is 0 Å². The van der Waals surface area contributed by atoms with E-state index in [1.54, 1.807) is 0 Å². The van der Waals surface area contributed by atoms with E-state index in [0.717, 1.165) is 12.5 Å². The molecule has 1 atom stereocenters. The van der Waals surface area contributed by atoms with Gasteiger partial charge in [0.05, 0.1) is 0 Å². The fourth-order valence-corrected chi connectivity index (χ4v) is 1.43. The van der Waals surface area contributed by atoms with E-state index < -0.39 is 11.6 Å². The molecule has 1 aromatic rings. The Balaban J connectivity index is 0.00000196. The summed E-state index contributed by atoms with van der Waals surface area (Å²) >= 11 is 0. The van der Waals surface area contributed by atoms with Gasteiger partial charge in [-0.05, 0) is 30.0 Å². The predicted octanol–water partition coefficient (Wildman–Crippen LogP) is 3.43.